The zero-order valence-electron chi connectivity index (χ0n) is 9.21. The number of benzene rings is 2. The molecule has 0 aliphatic rings. The molecule has 85 valence electrons. The average Bonchev–Trinajstić information content (AvgIpc) is 2.39. The molecule has 1 radical (unpaired) electrons. The summed E-state index contributed by atoms with van der Waals surface area (Å²) in [4.78, 5) is 10.2. The Morgan fingerprint density at radius 2 is 1.88 bits per heavy atom. The monoisotopic (exact) mass is 228 g/mol. The molecule has 0 aliphatic carbocycles. The molecule has 0 N–H and O–H groups in total. The van der Waals surface area contributed by atoms with Crippen LogP contribution >= 0.6 is 0 Å². The Kier molecular flexibility index (Phi) is 3.05. The molecule has 17 heavy (non-hydrogen) atoms. The maximum absolute atomic E-state index is 10.6. The molecular weight excluding hydrogens is 218 g/mol. The Balaban J connectivity index is 2.38. The summed E-state index contributed by atoms with van der Waals surface area (Å²) in [6.45, 7) is 0. The van der Waals surface area contributed by atoms with Gasteiger partial charge in [-0.3, -0.25) is 10.1 Å². The van der Waals surface area contributed by atoms with E-state index in [2.05, 4.69) is 6.07 Å². The van der Waals surface area contributed by atoms with Crippen LogP contribution in [0, 0.1) is 16.2 Å². The molecule has 2 aromatic rings. The maximum atomic E-state index is 10.6. The highest BCUT2D eigenvalue weighted by Gasteiger charge is 2.07. The first-order chi connectivity index (χ1) is 8.20. The number of nitrogens with zero attached hydrogens (tertiary/aromatic N) is 1. The van der Waals surface area contributed by atoms with Crippen LogP contribution in [0.1, 0.15) is 0 Å². The predicted molar refractivity (Wildman–Crippen MR) is 63.9 cm³/mol. The quantitative estimate of drug-likeness (QED) is 0.599. The zero-order valence-corrected chi connectivity index (χ0v) is 9.21. The minimum absolute atomic E-state index is 0.0293. The topological polar surface area (TPSA) is 52.4 Å². The van der Waals surface area contributed by atoms with Crippen molar-refractivity contribution < 1.29 is 9.66 Å². The van der Waals surface area contributed by atoms with Crippen molar-refractivity contribution >= 4 is 5.69 Å². The lowest BCUT2D eigenvalue weighted by Crippen LogP contribution is -1.88. The minimum atomic E-state index is -0.451. The summed E-state index contributed by atoms with van der Waals surface area (Å²) in [7, 11) is 1.59. The highest BCUT2D eigenvalue weighted by molar-refractivity contribution is 5.66. The van der Waals surface area contributed by atoms with Crippen molar-refractivity contribution in [2.45, 2.75) is 0 Å². The summed E-state index contributed by atoms with van der Waals surface area (Å²) >= 11 is 0. The van der Waals surface area contributed by atoms with E-state index in [1.54, 1.807) is 19.2 Å². The average molecular weight is 228 g/mol. The lowest BCUT2D eigenvalue weighted by Gasteiger charge is -2.03. The Bertz CT molecular complexity index is 535. The number of hydrogen-bond donors (Lipinski definition) is 0. The summed E-state index contributed by atoms with van der Waals surface area (Å²) in [6.07, 6.45) is 0. The van der Waals surface area contributed by atoms with Crippen LogP contribution in [0.15, 0.2) is 42.5 Å². The van der Waals surface area contributed by atoms with Gasteiger partial charge in [0.05, 0.1) is 18.1 Å². The van der Waals surface area contributed by atoms with Gasteiger partial charge in [-0.2, -0.15) is 0 Å². The minimum Gasteiger partial charge on any atom is -0.497 e. The van der Waals surface area contributed by atoms with Gasteiger partial charge in [0.25, 0.3) is 5.69 Å². The molecule has 0 fully saturated rings. The number of nitro groups is 1. The van der Waals surface area contributed by atoms with E-state index in [-0.39, 0.29) is 5.69 Å². The summed E-state index contributed by atoms with van der Waals surface area (Å²) in [6, 6.07) is 14.8. The molecule has 4 nitrogen and oxygen atoms in total. The molecule has 0 amide bonds. The molecule has 0 heterocycles. The first kappa shape index (κ1) is 11.1. The fourth-order valence-corrected chi connectivity index (χ4v) is 1.52. The largest absolute Gasteiger partial charge is 0.497 e. The van der Waals surface area contributed by atoms with Gasteiger partial charge in [0.15, 0.2) is 0 Å². The predicted octanol–water partition coefficient (Wildman–Crippen LogP) is 3.07. The second-order valence-corrected chi connectivity index (χ2v) is 3.45. The molecular formula is C13H10NO3. The standard InChI is InChI=1S/C13H10NO3/c1-17-13-7-5-10(6-8-13)11-3-2-4-12(9-11)14(15)16/h2-3,5-9H,1H3. The number of hydrogen-bond acceptors (Lipinski definition) is 3. The Morgan fingerprint density at radius 1 is 1.18 bits per heavy atom. The van der Waals surface area contributed by atoms with Gasteiger partial charge in [0, 0.05) is 6.07 Å². The smallest absolute Gasteiger partial charge is 0.278 e. The first-order valence-electron chi connectivity index (χ1n) is 5.01. The van der Waals surface area contributed by atoms with Crippen molar-refractivity contribution in [1.29, 1.82) is 0 Å². The third kappa shape index (κ3) is 2.42. The van der Waals surface area contributed by atoms with E-state index in [1.807, 2.05) is 24.3 Å². The SMILES string of the molecule is COc1ccc(-c2cc[c]c([N+](=O)[O-])c2)cc1. The molecule has 4 heteroatoms. The maximum Gasteiger partial charge on any atom is 0.278 e. The van der Waals surface area contributed by atoms with Crippen molar-refractivity contribution in [3.05, 3.63) is 58.6 Å². The van der Waals surface area contributed by atoms with E-state index in [1.165, 1.54) is 6.07 Å². The van der Waals surface area contributed by atoms with Crippen LogP contribution in [0.3, 0.4) is 0 Å². The number of nitro benzene ring substituents is 1. The van der Waals surface area contributed by atoms with Crippen molar-refractivity contribution in [1.82, 2.24) is 0 Å². The number of methoxy groups -OCH3 is 1. The van der Waals surface area contributed by atoms with Gasteiger partial charge in [-0.25, -0.2) is 0 Å². The van der Waals surface area contributed by atoms with Crippen LogP contribution in [-0.4, -0.2) is 12.0 Å². The van der Waals surface area contributed by atoms with Crippen LogP contribution in [0.4, 0.5) is 5.69 Å². The van der Waals surface area contributed by atoms with E-state index < -0.39 is 4.92 Å². The normalized spacial score (nSPS) is 9.94. The summed E-state index contributed by atoms with van der Waals surface area (Å²) in [5, 5.41) is 10.6. The summed E-state index contributed by atoms with van der Waals surface area (Å²) < 4.78 is 5.05. The second-order valence-electron chi connectivity index (χ2n) is 3.45. The first-order valence-corrected chi connectivity index (χ1v) is 5.01. The molecule has 0 aliphatic heterocycles. The van der Waals surface area contributed by atoms with Crippen LogP contribution < -0.4 is 4.74 Å². The van der Waals surface area contributed by atoms with E-state index in [9.17, 15) is 10.1 Å². The van der Waals surface area contributed by atoms with Gasteiger partial charge in [0.2, 0.25) is 0 Å². The van der Waals surface area contributed by atoms with Gasteiger partial charge in [-0.15, -0.1) is 0 Å². The molecule has 0 spiro atoms. The second kappa shape index (κ2) is 4.65. The molecule has 2 rings (SSSR count). The zero-order chi connectivity index (χ0) is 12.3. The van der Waals surface area contributed by atoms with Crippen molar-refractivity contribution in [2.24, 2.45) is 0 Å². The fourth-order valence-electron chi connectivity index (χ4n) is 1.52. The molecule has 0 saturated carbocycles. The van der Waals surface area contributed by atoms with Crippen molar-refractivity contribution in [3.8, 4) is 16.9 Å². The highest BCUT2D eigenvalue weighted by atomic mass is 16.6. The molecule has 0 bridgehead atoms. The lowest BCUT2D eigenvalue weighted by molar-refractivity contribution is -0.385. The molecule has 0 saturated heterocycles. The van der Waals surface area contributed by atoms with Crippen molar-refractivity contribution in [3.63, 3.8) is 0 Å². The van der Waals surface area contributed by atoms with Crippen LogP contribution in [-0.2, 0) is 0 Å². The molecule has 2 aromatic carbocycles. The van der Waals surface area contributed by atoms with E-state index in [0.29, 0.717) is 0 Å². The number of ether oxygens (including phenoxy) is 1. The van der Waals surface area contributed by atoms with Crippen LogP contribution in [0.2, 0.25) is 0 Å². The van der Waals surface area contributed by atoms with Gasteiger partial charge < -0.3 is 4.74 Å². The Morgan fingerprint density at radius 3 is 2.47 bits per heavy atom. The lowest BCUT2D eigenvalue weighted by atomic mass is 10.1. The van der Waals surface area contributed by atoms with E-state index in [4.69, 9.17) is 4.74 Å². The van der Waals surface area contributed by atoms with Crippen molar-refractivity contribution in [2.75, 3.05) is 7.11 Å². The van der Waals surface area contributed by atoms with Gasteiger partial charge in [-0.05, 0) is 29.3 Å². The highest BCUT2D eigenvalue weighted by Crippen LogP contribution is 2.25. The van der Waals surface area contributed by atoms with Crippen LogP contribution in [0.25, 0.3) is 11.1 Å². The van der Waals surface area contributed by atoms with Crippen LogP contribution in [0.5, 0.6) is 5.75 Å². The Labute approximate surface area is 98.6 Å². The number of rotatable bonds is 3. The fraction of sp³-hybridized carbons (Fsp3) is 0.0769. The number of non-ortho nitro benzene ring substituents is 1. The Hall–Kier alpha value is -2.36. The third-order valence-corrected chi connectivity index (χ3v) is 2.41. The molecule has 0 aromatic heterocycles. The summed E-state index contributed by atoms with van der Waals surface area (Å²) in [5.74, 6) is 0.755. The molecule has 0 atom stereocenters. The summed E-state index contributed by atoms with van der Waals surface area (Å²) in [5.41, 5.74) is 1.67. The van der Waals surface area contributed by atoms with Gasteiger partial charge >= 0.3 is 0 Å². The van der Waals surface area contributed by atoms with Gasteiger partial charge in [0.1, 0.15) is 5.75 Å². The van der Waals surface area contributed by atoms with E-state index >= 15 is 0 Å². The third-order valence-electron chi connectivity index (χ3n) is 2.41. The molecule has 0 unspecified atom stereocenters. The van der Waals surface area contributed by atoms with Gasteiger partial charge in [-0.1, -0.05) is 18.2 Å². The van der Waals surface area contributed by atoms with E-state index in [0.717, 1.165) is 16.9 Å².